The average molecular weight is 440 g/mol. The summed E-state index contributed by atoms with van der Waals surface area (Å²) in [6, 6.07) is 16.8. The quantitative estimate of drug-likeness (QED) is 0.300. The molecule has 8 nitrogen and oxygen atoms in total. The third-order valence-corrected chi connectivity index (χ3v) is 5.09. The van der Waals surface area contributed by atoms with E-state index in [2.05, 4.69) is 5.29 Å². The Balaban J connectivity index is 2.22. The molecule has 1 N–H and O–H groups in total. The zero-order chi connectivity index (χ0) is 23.5. The summed E-state index contributed by atoms with van der Waals surface area (Å²) in [6.45, 7) is 3.58. The fourth-order valence-electron chi connectivity index (χ4n) is 3.44. The molecule has 0 heterocycles. The van der Waals surface area contributed by atoms with Crippen molar-refractivity contribution >= 4 is 17.8 Å². The second-order valence-corrected chi connectivity index (χ2v) is 7.52. The van der Waals surface area contributed by atoms with Gasteiger partial charge in [0.05, 0.1) is 30.3 Å². The van der Waals surface area contributed by atoms with E-state index in [1.165, 1.54) is 0 Å². The van der Waals surface area contributed by atoms with Gasteiger partial charge in [-0.3, -0.25) is 14.4 Å². The maximum absolute atomic E-state index is 12.5. The van der Waals surface area contributed by atoms with E-state index in [4.69, 9.17) is 9.84 Å². The van der Waals surface area contributed by atoms with Gasteiger partial charge in [-0.15, -0.1) is 4.91 Å². The number of carboxylic acid groups (broad SMARTS) is 1. The number of carbonyl (C=O) groups is 3. The molecular weight excluding hydrogens is 412 g/mol. The Kier molecular flexibility index (Phi) is 9.53. The summed E-state index contributed by atoms with van der Waals surface area (Å²) in [6.07, 6.45) is -0.317. The topological polar surface area (TPSA) is 113 Å². The lowest BCUT2D eigenvalue weighted by atomic mass is 9.94. The largest absolute Gasteiger partial charge is 0.481 e. The van der Waals surface area contributed by atoms with Crippen LogP contribution in [0.1, 0.15) is 38.7 Å². The summed E-state index contributed by atoms with van der Waals surface area (Å²) >= 11 is 0. The minimum Gasteiger partial charge on any atom is -0.481 e. The Morgan fingerprint density at radius 1 is 1.00 bits per heavy atom. The highest BCUT2D eigenvalue weighted by molar-refractivity contribution is 5.81. The van der Waals surface area contributed by atoms with Gasteiger partial charge >= 0.3 is 11.9 Å². The molecule has 0 spiro atoms. The average Bonchev–Trinajstić information content (AvgIpc) is 2.79. The lowest BCUT2D eigenvalue weighted by Gasteiger charge is -2.27. The van der Waals surface area contributed by atoms with Crippen LogP contribution in [0.4, 0.5) is 0 Å². The van der Waals surface area contributed by atoms with Crippen LogP contribution in [-0.4, -0.2) is 40.6 Å². The van der Waals surface area contributed by atoms with Crippen molar-refractivity contribution in [3.05, 3.63) is 65.1 Å². The Morgan fingerprint density at radius 3 is 2.19 bits per heavy atom. The molecule has 2 aromatic rings. The number of carbonyl (C=O) groups excluding carboxylic acids is 2. The van der Waals surface area contributed by atoms with Crippen molar-refractivity contribution in [1.82, 2.24) is 5.01 Å². The summed E-state index contributed by atoms with van der Waals surface area (Å²) in [5.74, 6) is -2.83. The molecule has 0 aliphatic heterocycles. The lowest BCUT2D eigenvalue weighted by Crippen LogP contribution is -2.39. The number of nitroso groups, excluding NO2 is 1. The zero-order valence-electron chi connectivity index (χ0n) is 18.3. The van der Waals surface area contributed by atoms with Gasteiger partial charge in [0.25, 0.3) is 0 Å². The Labute approximate surface area is 187 Å². The standard InChI is InChI=1S/C24H28N2O6/c1-3-32-24(30)17(2)15-21(26(25-31)22(27)13-14-23(28)29)16-18-9-11-20(12-10-18)19-7-5-4-6-8-19/h4-12,17,21H,3,13-16H2,1-2H3,(H,28,29)/t17-,21+/m1/s1. The highest BCUT2D eigenvalue weighted by Crippen LogP contribution is 2.23. The van der Waals surface area contributed by atoms with E-state index in [1.807, 2.05) is 54.6 Å². The van der Waals surface area contributed by atoms with Crippen LogP contribution in [0.25, 0.3) is 11.1 Å². The first-order valence-corrected chi connectivity index (χ1v) is 10.5. The highest BCUT2D eigenvalue weighted by atomic mass is 16.5. The third-order valence-electron chi connectivity index (χ3n) is 5.09. The molecule has 32 heavy (non-hydrogen) atoms. The molecule has 8 heteroatoms. The molecule has 0 bridgehead atoms. The van der Waals surface area contributed by atoms with E-state index < -0.39 is 36.2 Å². The highest BCUT2D eigenvalue weighted by Gasteiger charge is 2.29. The molecule has 2 aromatic carbocycles. The van der Waals surface area contributed by atoms with Gasteiger partial charge in [-0.1, -0.05) is 61.5 Å². The Morgan fingerprint density at radius 2 is 1.62 bits per heavy atom. The summed E-state index contributed by atoms with van der Waals surface area (Å²) in [5, 5.41) is 12.5. The number of carboxylic acids is 1. The van der Waals surface area contributed by atoms with Crippen LogP contribution in [-0.2, 0) is 25.5 Å². The van der Waals surface area contributed by atoms with Crippen LogP contribution >= 0.6 is 0 Å². The molecule has 2 rings (SSSR count). The first-order valence-electron chi connectivity index (χ1n) is 10.5. The van der Waals surface area contributed by atoms with Gasteiger partial charge in [-0.2, -0.15) is 5.01 Å². The van der Waals surface area contributed by atoms with Crippen LogP contribution in [0.5, 0.6) is 0 Å². The summed E-state index contributed by atoms with van der Waals surface area (Å²) in [5.41, 5.74) is 2.94. The van der Waals surface area contributed by atoms with Crippen molar-refractivity contribution in [2.45, 2.75) is 45.6 Å². The molecule has 0 aliphatic rings. The molecule has 1 amide bonds. The second kappa shape index (κ2) is 12.3. The van der Waals surface area contributed by atoms with Crippen molar-refractivity contribution in [3.8, 4) is 11.1 Å². The zero-order valence-corrected chi connectivity index (χ0v) is 18.3. The number of ether oxygens (including phenoxy) is 1. The van der Waals surface area contributed by atoms with Gasteiger partial charge in [0.2, 0.25) is 5.91 Å². The fraction of sp³-hybridized carbons (Fsp3) is 0.375. The third kappa shape index (κ3) is 7.30. The van der Waals surface area contributed by atoms with Crippen molar-refractivity contribution in [2.75, 3.05) is 6.61 Å². The molecule has 2 atom stereocenters. The number of amides is 1. The van der Waals surface area contributed by atoms with Crippen molar-refractivity contribution in [3.63, 3.8) is 0 Å². The van der Waals surface area contributed by atoms with Gasteiger partial charge < -0.3 is 9.84 Å². The molecule has 0 saturated carbocycles. The predicted octanol–water partition coefficient (Wildman–Crippen LogP) is 4.23. The SMILES string of the molecule is CCOC(=O)[C@H](C)C[C@@H](Cc1ccc(-c2ccccc2)cc1)N(N=O)C(=O)CCC(=O)O. The first kappa shape index (κ1) is 24.7. The van der Waals surface area contributed by atoms with Crippen molar-refractivity contribution in [2.24, 2.45) is 11.2 Å². The fourth-order valence-corrected chi connectivity index (χ4v) is 3.44. The monoisotopic (exact) mass is 440 g/mol. The summed E-state index contributed by atoms with van der Waals surface area (Å²) in [4.78, 5) is 46.9. The lowest BCUT2D eigenvalue weighted by molar-refractivity contribution is -0.149. The number of esters is 1. The Hall–Kier alpha value is -3.55. The molecule has 0 saturated heterocycles. The summed E-state index contributed by atoms with van der Waals surface area (Å²) in [7, 11) is 0. The molecule has 0 aliphatic carbocycles. The van der Waals surface area contributed by atoms with Gasteiger partial charge in [0.15, 0.2) is 0 Å². The second-order valence-electron chi connectivity index (χ2n) is 7.52. The van der Waals surface area contributed by atoms with E-state index >= 15 is 0 Å². The van der Waals surface area contributed by atoms with Gasteiger partial charge in [-0.05, 0) is 36.5 Å². The number of hydrogen-bond acceptors (Lipinski definition) is 6. The molecule has 0 aromatic heterocycles. The Bertz CT molecular complexity index is 914. The molecule has 0 fully saturated rings. The van der Waals surface area contributed by atoms with Crippen molar-refractivity contribution in [1.29, 1.82) is 0 Å². The van der Waals surface area contributed by atoms with E-state index in [0.717, 1.165) is 21.7 Å². The smallest absolute Gasteiger partial charge is 0.308 e. The molecule has 170 valence electrons. The van der Waals surface area contributed by atoms with Crippen LogP contribution in [0.3, 0.4) is 0 Å². The summed E-state index contributed by atoms with van der Waals surface area (Å²) < 4.78 is 5.04. The van der Waals surface area contributed by atoms with E-state index in [9.17, 15) is 19.3 Å². The number of hydrogen-bond donors (Lipinski definition) is 1. The molecule has 0 unspecified atom stereocenters. The minimum absolute atomic E-state index is 0.157. The number of benzene rings is 2. The van der Waals surface area contributed by atoms with Crippen molar-refractivity contribution < 1.29 is 24.2 Å². The van der Waals surface area contributed by atoms with Crippen LogP contribution in [0.2, 0.25) is 0 Å². The number of aliphatic carboxylic acids is 1. The van der Waals surface area contributed by atoms with E-state index in [-0.39, 0.29) is 25.9 Å². The van der Waals surface area contributed by atoms with E-state index in [0.29, 0.717) is 0 Å². The maximum Gasteiger partial charge on any atom is 0.308 e. The van der Waals surface area contributed by atoms with Crippen LogP contribution < -0.4 is 0 Å². The first-order chi connectivity index (χ1) is 15.3. The molecule has 0 radical (unpaired) electrons. The van der Waals surface area contributed by atoms with Gasteiger partial charge in [0.1, 0.15) is 0 Å². The normalized spacial score (nSPS) is 12.4. The van der Waals surface area contributed by atoms with E-state index in [1.54, 1.807) is 13.8 Å². The van der Waals surface area contributed by atoms with Crippen LogP contribution in [0.15, 0.2) is 59.9 Å². The number of nitrogens with zero attached hydrogens (tertiary/aromatic N) is 2. The minimum atomic E-state index is -1.14. The van der Waals surface area contributed by atoms with Crippen LogP contribution in [0, 0.1) is 10.8 Å². The maximum atomic E-state index is 12.5. The number of rotatable bonds is 12. The van der Waals surface area contributed by atoms with Gasteiger partial charge in [0, 0.05) is 6.42 Å². The molecular formula is C24H28N2O6. The predicted molar refractivity (Wildman–Crippen MR) is 119 cm³/mol. The van der Waals surface area contributed by atoms with Gasteiger partial charge in [-0.25, -0.2) is 0 Å².